The van der Waals surface area contributed by atoms with Crippen molar-refractivity contribution >= 4 is 11.3 Å². The molecule has 0 spiro atoms. The number of anilines is 1. The second-order valence-electron chi connectivity index (χ2n) is 3.98. The largest absolute Gasteiger partial charge is 0.399 e. The Balaban J connectivity index is 3.22. The number of aryl methyl sites for hydroxylation is 1. The van der Waals surface area contributed by atoms with E-state index in [0.29, 0.717) is 0 Å². The quantitative estimate of drug-likeness (QED) is 0.593. The molecule has 0 aliphatic heterocycles. The van der Waals surface area contributed by atoms with Crippen molar-refractivity contribution in [3.05, 3.63) is 59.7 Å². The van der Waals surface area contributed by atoms with Crippen LogP contribution >= 0.6 is 0 Å². The number of rotatable bonds is 3. The molecule has 0 fully saturated rings. The average molecular weight is 213 g/mol. The summed E-state index contributed by atoms with van der Waals surface area (Å²) in [7, 11) is 0. The first-order valence-corrected chi connectivity index (χ1v) is 5.39. The lowest BCUT2D eigenvalue weighted by molar-refractivity contribution is 1.38. The average Bonchev–Trinajstić information content (AvgIpc) is 2.28. The highest BCUT2D eigenvalue weighted by Gasteiger charge is 2.03. The van der Waals surface area contributed by atoms with Crippen LogP contribution in [0.3, 0.4) is 0 Å². The molecule has 84 valence electrons. The first-order valence-electron chi connectivity index (χ1n) is 5.39. The number of nitrogens with two attached hydrogens (primary N) is 1. The molecule has 0 aliphatic carbocycles. The van der Waals surface area contributed by atoms with Gasteiger partial charge in [0.05, 0.1) is 0 Å². The van der Waals surface area contributed by atoms with Gasteiger partial charge < -0.3 is 5.73 Å². The highest BCUT2D eigenvalue weighted by molar-refractivity contribution is 5.73. The van der Waals surface area contributed by atoms with E-state index in [9.17, 15) is 0 Å². The molecule has 0 unspecified atom stereocenters. The highest BCUT2D eigenvalue weighted by atomic mass is 14.5. The van der Waals surface area contributed by atoms with Crippen LogP contribution in [0, 0.1) is 6.92 Å². The molecule has 1 rings (SSSR count). The molecule has 0 atom stereocenters. The lowest BCUT2D eigenvalue weighted by atomic mass is 9.97. The van der Waals surface area contributed by atoms with Gasteiger partial charge in [-0.25, -0.2) is 0 Å². The third-order valence-corrected chi connectivity index (χ3v) is 2.74. The molecule has 0 radical (unpaired) electrons. The minimum Gasteiger partial charge on any atom is -0.399 e. The third-order valence-electron chi connectivity index (χ3n) is 2.74. The van der Waals surface area contributed by atoms with Gasteiger partial charge in [0.2, 0.25) is 0 Å². The van der Waals surface area contributed by atoms with Crippen LogP contribution in [-0.2, 0) is 0 Å². The number of hydrogen-bond acceptors (Lipinski definition) is 1. The molecule has 0 bridgehead atoms. The van der Waals surface area contributed by atoms with Crippen LogP contribution in [0.5, 0.6) is 0 Å². The summed E-state index contributed by atoms with van der Waals surface area (Å²) in [5.41, 5.74) is 11.6. The van der Waals surface area contributed by atoms with Crippen molar-refractivity contribution in [2.24, 2.45) is 0 Å². The van der Waals surface area contributed by atoms with E-state index in [1.165, 1.54) is 22.3 Å². The molecule has 1 nitrogen and oxygen atoms in total. The topological polar surface area (TPSA) is 26.0 Å². The van der Waals surface area contributed by atoms with Crippen LogP contribution in [-0.4, -0.2) is 0 Å². The zero-order valence-electron chi connectivity index (χ0n) is 10.2. The number of hydrogen-bond donors (Lipinski definition) is 1. The van der Waals surface area contributed by atoms with Gasteiger partial charge in [0.1, 0.15) is 0 Å². The van der Waals surface area contributed by atoms with E-state index in [1.54, 1.807) is 6.08 Å². The lowest BCUT2D eigenvalue weighted by Gasteiger charge is -2.09. The van der Waals surface area contributed by atoms with Crippen molar-refractivity contribution in [1.82, 2.24) is 0 Å². The summed E-state index contributed by atoms with van der Waals surface area (Å²) < 4.78 is 0. The van der Waals surface area contributed by atoms with Gasteiger partial charge in [0, 0.05) is 5.69 Å². The van der Waals surface area contributed by atoms with E-state index < -0.39 is 0 Å². The van der Waals surface area contributed by atoms with E-state index in [-0.39, 0.29) is 0 Å². The van der Waals surface area contributed by atoms with Gasteiger partial charge in [-0.3, -0.25) is 0 Å². The summed E-state index contributed by atoms with van der Waals surface area (Å²) in [6, 6.07) is 6.01. The minimum absolute atomic E-state index is 0.806. The Morgan fingerprint density at radius 1 is 1.31 bits per heavy atom. The summed E-state index contributed by atoms with van der Waals surface area (Å²) >= 11 is 0. The van der Waals surface area contributed by atoms with Crippen LogP contribution in [0.25, 0.3) is 5.57 Å². The fourth-order valence-electron chi connectivity index (χ4n) is 1.59. The van der Waals surface area contributed by atoms with Gasteiger partial charge in [-0.2, -0.15) is 0 Å². The summed E-state index contributed by atoms with van der Waals surface area (Å²) in [5.74, 6) is 0. The van der Waals surface area contributed by atoms with Crippen molar-refractivity contribution in [2.75, 3.05) is 5.73 Å². The molecule has 0 saturated carbocycles. The zero-order valence-corrected chi connectivity index (χ0v) is 10.2. The predicted molar refractivity (Wildman–Crippen MR) is 73.2 cm³/mol. The van der Waals surface area contributed by atoms with Crippen LogP contribution in [0.4, 0.5) is 5.69 Å². The molecule has 0 amide bonds. The Morgan fingerprint density at radius 3 is 2.62 bits per heavy atom. The molecule has 2 N–H and O–H groups in total. The molecule has 1 aromatic rings. The summed E-state index contributed by atoms with van der Waals surface area (Å²) in [6.07, 6.45) is 5.79. The SMILES string of the molecule is C=C/C=C\C(C)=C(/C)c1cc(N)ccc1C. The minimum atomic E-state index is 0.806. The highest BCUT2D eigenvalue weighted by Crippen LogP contribution is 2.24. The molecule has 1 heteroatoms. The summed E-state index contributed by atoms with van der Waals surface area (Å²) in [4.78, 5) is 0. The van der Waals surface area contributed by atoms with Crippen molar-refractivity contribution in [3.63, 3.8) is 0 Å². The molecule has 0 saturated heterocycles. The second kappa shape index (κ2) is 5.36. The van der Waals surface area contributed by atoms with E-state index in [2.05, 4.69) is 39.5 Å². The maximum atomic E-state index is 5.81. The molecule has 0 aliphatic rings. The van der Waals surface area contributed by atoms with Gasteiger partial charge >= 0.3 is 0 Å². The van der Waals surface area contributed by atoms with Crippen molar-refractivity contribution < 1.29 is 0 Å². The zero-order chi connectivity index (χ0) is 12.1. The smallest absolute Gasteiger partial charge is 0.0320 e. The molecule has 0 aromatic heterocycles. The normalized spacial score (nSPS) is 12.7. The van der Waals surface area contributed by atoms with Gasteiger partial charge in [0.25, 0.3) is 0 Å². The van der Waals surface area contributed by atoms with Gasteiger partial charge in [-0.1, -0.05) is 30.9 Å². The lowest BCUT2D eigenvalue weighted by Crippen LogP contribution is -1.92. The number of allylic oxidation sites excluding steroid dienone is 5. The Hall–Kier alpha value is -1.76. The standard InChI is InChI=1S/C15H19N/c1-5-6-7-11(2)13(4)15-10-14(16)9-8-12(15)3/h5-10H,1,16H2,2-4H3/b7-6-,13-11+. The third kappa shape index (κ3) is 2.86. The molecule has 1 aromatic carbocycles. The van der Waals surface area contributed by atoms with Gasteiger partial charge in [0.15, 0.2) is 0 Å². The first kappa shape index (κ1) is 12.3. The van der Waals surface area contributed by atoms with Gasteiger partial charge in [-0.15, -0.1) is 0 Å². The fourth-order valence-corrected chi connectivity index (χ4v) is 1.59. The Labute approximate surface area is 98.0 Å². The monoisotopic (exact) mass is 213 g/mol. The molecule has 0 heterocycles. The predicted octanol–water partition coefficient (Wildman–Crippen LogP) is 4.11. The molecular formula is C15H19N. The molecule has 16 heavy (non-hydrogen) atoms. The van der Waals surface area contributed by atoms with Gasteiger partial charge in [-0.05, 0) is 55.2 Å². The maximum Gasteiger partial charge on any atom is 0.0320 e. The van der Waals surface area contributed by atoms with Crippen molar-refractivity contribution in [2.45, 2.75) is 20.8 Å². The summed E-state index contributed by atoms with van der Waals surface area (Å²) in [5, 5.41) is 0. The van der Waals surface area contributed by atoms with E-state index in [1.807, 2.05) is 18.2 Å². The fraction of sp³-hybridized carbons (Fsp3) is 0.200. The van der Waals surface area contributed by atoms with E-state index >= 15 is 0 Å². The van der Waals surface area contributed by atoms with E-state index in [0.717, 1.165) is 5.69 Å². The second-order valence-corrected chi connectivity index (χ2v) is 3.98. The number of nitrogen functional groups attached to an aromatic ring is 1. The summed E-state index contributed by atoms with van der Waals surface area (Å²) in [6.45, 7) is 9.98. The Morgan fingerprint density at radius 2 is 2.00 bits per heavy atom. The van der Waals surface area contributed by atoms with Crippen LogP contribution in [0.1, 0.15) is 25.0 Å². The Bertz CT molecular complexity index is 451. The van der Waals surface area contributed by atoms with Crippen LogP contribution in [0.2, 0.25) is 0 Å². The number of benzene rings is 1. The molecular weight excluding hydrogens is 194 g/mol. The Kier molecular flexibility index (Phi) is 4.12. The maximum absolute atomic E-state index is 5.81. The van der Waals surface area contributed by atoms with E-state index in [4.69, 9.17) is 5.73 Å². The van der Waals surface area contributed by atoms with Crippen LogP contribution in [0.15, 0.2) is 48.6 Å². The van der Waals surface area contributed by atoms with Crippen molar-refractivity contribution in [1.29, 1.82) is 0 Å². The van der Waals surface area contributed by atoms with Crippen LogP contribution < -0.4 is 5.73 Å². The van der Waals surface area contributed by atoms with Crippen molar-refractivity contribution in [3.8, 4) is 0 Å². The first-order chi connectivity index (χ1) is 7.56.